The van der Waals surface area contributed by atoms with Gasteiger partial charge >= 0.3 is 12.0 Å². The number of carboxylic acid groups (broad SMARTS) is 1. The number of nitrogens with one attached hydrogen (secondary N) is 1. The van der Waals surface area contributed by atoms with Crippen LogP contribution in [0.1, 0.15) is 12.8 Å². The number of carboxylic acids is 1. The Morgan fingerprint density at radius 2 is 2.05 bits per heavy atom. The molecular weight excluding hydrogens is 250 g/mol. The Balaban J connectivity index is 2.48. The van der Waals surface area contributed by atoms with E-state index in [1.54, 1.807) is 4.90 Å². The molecule has 1 fully saturated rings. The number of urea groups is 1. The topological polar surface area (TPSA) is 82.1 Å². The fourth-order valence-corrected chi connectivity index (χ4v) is 1.98. The van der Waals surface area contributed by atoms with Crippen LogP contribution in [0.15, 0.2) is 0 Å². The maximum Gasteiger partial charge on any atom is 0.326 e. The summed E-state index contributed by atoms with van der Waals surface area (Å²) in [5.74, 6) is -1.03. The van der Waals surface area contributed by atoms with Crippen LogP contribution in [0.2, 0.25) is 0 Å². The normalized spacial score (nSPS) is 18.7. The summed E-state index contributed by atoms with van der Waals surface area (Å²) in [4.78, 5) is 26.9. The van der Waals surface area contributed by atoms with Gasteiger partial charge in [0.15, 0.2) is 0 Å². The van der Waals surface area contributed by atoms with E-state index in [0.29, 0.717) is 19.7 Å². The Hall–Kier alpha value is -1.34. The molecule has 2 amide bonds. The number of ether oxygens (including phenoxy) is 1. The summed E-state index contributed by atoms with van der Waals surface area (Å²) < 4.78 is 4.85. The SMILES string of the molecule is COCCC(NC(=O)N1CCCN(C)CC1)C(=O)O. The lowest BCUT2D eigenvalue weighted by molar-refractivity contribution is -0.139. The van der Waals surface area contributed by atoms with E-state index in [9.17, 15) is 9.59 Å². The highest BCUT2D eigenvalue weighted by Crippen LogP contribution is 2.03. The van der Waals surface area contributed by atoms with E-state index in [4.69, 9.17) is 9.84 Å². The van der Waals surface area contributed by atoms with Crippen molar-refractivity contribution in [1.82, 2.24) is 15.1 Å². The van der Waals surface area contributed by atoms with Crippen LogP contribution in [0.25, 0.3) is 0 Å². The van der Waals surface area contributed by atoms with Crippen LogP contribution in [0.5, 0.6) is 0 Å². The monoisotopic (exact) mass is 273 g/mol. The fraction of sp³-hybridized carbons (Fsp3) is 0.833. The molecule has 19 heavy (non-hydrogen) atoms. The summed E-state index contributed by atoms with van der Waals surface area (Å²) in [6.45, 7) is 3.35. The molecule has 0 spiro atoms. The summed E-state index contributed by atoms with van der Waals surface area (Å²) in [6.07, 6.45) is 1.17. The number of amides is 2. The van der Waals surface area contributed by atoms with Gasteiger partial charge in [-0.15, -0.1) is 0 Å². The maximum atomic E-state index is 12.0. The molecule has 7 heteroatoms. The first-order valence-electron chi connectivity index (χ1n) is 6.50. The van der Waals surface area contributed by atoms with Crippen molar-refractivity contribution in [3.8, 4) is 0 Å². The lowest BCUT2D eigenvalue weighted by Gasteiger charge is -2.23. The van der Waals surface area contributed by atoms with Crippen LogP contribution in [-0.4, -0.2) is 79.9 Å². The second kappa shape index (κ2) is 7.96. The Bertz CT molecular complexity index is 311. The number of carbonyl (C=O) groups is 2. The lowest BCUT2D eigenvalue weighted by Crippen LogP contribution is -2.49. The summed E-state index contributed by atoms with van der Waals surface area (Å²) >= 11 is 0. The third-order valence-corrected chi connectivity index (χ3v) is 3.21. The molecule has 1 aliphatic rings. The van der Waals surface area contributed by atoms with Crippen molar-refractivity contribution in [2.24, 2.45) is 0 Å². The largest absolute Gasteiger partial charge is 0.480 e. The van der Waals surface area contributed by atoms with Crippen LogP contribution < -0.4 is 5.32 Å². The summed E-state index contributed by atoms with van der Waals surface area (Å²) in [6, 6.07) is -1.20. The highest BCUT2D eigenvalue weighted by atomic mass is 16.5. The van der Waals surface area contributed by atoms with Gasteiger partial charge < -0.3 is 25.0 Å². The third-order valence-electron chi connectivity index (χ3n) is 3.21. The Morgan fingerprint density at radius 3 is 2.68 bits per heavy atom. The van der Waals surface area contributed by atoms with Crippen molar-refractivity contribution in [3.63, 3.8) is 0 Å². The molecule has 0 aromatic heterocycles. The zero-order valence-electron chi connectivity index (χ0n) is 11.6. The minimum atomic E-state index is -1.03. The van der Waals surface area contributed by atoms with E-state index in [1.807, 2.05) is 7.05 Å². The molecule has 110 valence electrons. The lowest BCUT2D eigenvalue weighted by atomic mass is 10.2. The molecule has 0 aliphatic carbocycles. The van der Waals surface area contributed by atoms with Gasteiger partial charge in [0.05, 0.1) is 0 Å². The van der Waals surface area contributed by atoms with Gasteiger partial charge in [0, 0.05) is 39.8 Å². The molecular formula is C12H23N3O4. The first-order chi connectivity index (χ1) is 9.04. The zero-order chi connectivity index (χ0) is 14.3. The number of nitrogens with zero attached hydrogens (tertiary/aromatic N) is 2. The number of methoxy groups -OCH3 is 1. The predicted octanol–water partition coefficient (Wildman–Crippen LogP) is -0.177. The summed E-state index contributed by atoms with van der Waals surface area (Å²) in [5, 5.41) is 11.6. The molecule has 1 heterocycles. The van der Waals surface area contributed by atoms with Crippen molar-refractivity contribution < 1.29 is 19.4 Å². The van der Waals surface area contributed by atoms with Crippen molar-refractivity contribution in [2.75, 3.05) is 46.9 Å². The summed E-state index contributed by atoms with van der Waals surface area (Å²) in [5.41, 5.74) is 0. The van der Waals surface area contributed by atoms with E-state index >= 15 is 0 Å². The second-order valence-electron chi connectivity index (χ2n) is 4.77. The maximum absolute atomic E-state index is 12.0. The van der Waals surface area contributed by atoms with Crippen molar-refractivity contribution >= 4 is 12.0 Å². The number of rotatable bonds is 5. The van der Waals surface area contributed by atoms with Gasteiger partial charge in [-0.25, -0.2) is 9.59 Å². The number of carbonyl (C=O) groups excluding carboxylic acids is 1. The average molecular weight is 273 g/mol. The van der Waals surface area contributed by atoms with Crippen LogP contribution in [-0.2, 0) is 9.53 Å². The van der Waals surface area contributed by atoms with E-state index < -0.39 is 12.0 Å². The second-order valence-corrected chi connectivity index (χ2v) is 4.77. The van der Waals surface area contributed by atoms with Crippen molar-refractivity contribution in [2.45, 2.75) is 18.9 Å². The molecule has 0 radical (unpaired) electrons. The van der Waals surface area contributed by atoms with Crippen LogP contribution >= 0.6 is 0 Å². The van der Waals surface area contributed by atoms with Gasteiger partial charge in [-0.05, 0) is 20.0 Å². The average Bonchev–Trinajstić information content (AvgIpc) is 2.58. The highest BCUT2D eigenvalue weighted by molar-refractivity contribution is 5.82. The molecule has 1 aliphatic heterocycles. The minimum absolute atomic E-state index is 0.269. The molecule has 1 rings (SSSR count). The zero-order valence-corrected chi connectivity index (χ0v) is 11.6. The quantitative estimate of drug-likeness (QED) is 0.726. The smallest absolute Gasteiger partial charge is 0.326 e. The number of likely N-dealkylation sites (N-methyl/N-ethyl adjacent to an activating group) is 1. The van der Waals surface area contributed by atoms with E-state index in [2.05, 4.69) is 10.2 Å². The predicted molar refractivity (Wildman–Crippen MR) is 70.1 cm³/mol. The van der Waals surface area contributed by atoms with E-state index in [1.165, 1.54) is 7.11 Å². The van der Waals surface area contributed by atoms with Gasteiger partial charge in [-0.2, -0.15) is 0 Å². The van der Waals surface area contributed by atoms with E-state index in [-0.39, 0.29) is 12.5 Å². The Morgan fingerprint density at radius 1 is 1.32 bits per heavy atom. The standard InChI is InChI=1S/C12H23N3O4/c1-14-5-3-6-15(8-7-14)12(18)13-10(11(16)17)4-9-19-2/h10H,3-9H2,1-2H3,(H,13,18)(H,16,17). The molecule has 0 saturated carbocycles. The van der Waals surface area contributed by atoms with Gasteiger partial charge in [0.2, 0.25) is 0 Å². The number of hydrogen-bond acceptors (Lipinski definition) is 4. The molecule has 0 bridgehead atoms. The number of hydrogen-bond donors (Lipinski definition) is 2. The minimum Gasteiger partial charge on any atom is -0.480 e. The molecule has 1 saturated heterocycles. The molecule has 0 aromatic carbocycles. The molecule has 1 unspecified atom stereocenters. The molecule has 2 N–H and O–H groups in total. The van der Waals surface area contributed by atoms with Gasteiger partial charge in [0.1, 0.15) is 6.04 Å². The van der Waals surface area contributed by atoms with Crippen molar-refractivity contribution in [3.05, 3.63) is 0 Å². The summed E-state index contributed by atoms with van der Waals surface area (Å²) in [7, 11) is 3.52. The number of aliphatic carboxylic acids is 1. The van der Waals surface area contributed by atoms with Crippen LogP contribution in [0.4, 0.5) is 4.79 Å². The van der Waals surface area contributed by atoms with Crippen LogP contribution in [0.3, 0.4) is 0 Å². The molecule has 0 aromatic rings. The van der Waals surface area contributed by atoms with Gasteiger partial charge in [-0.3, -0.25) is 0 Å². The first kappa shape index (κ1) is 15.7. The first-order valence-corrected chi connectivity index (χ1v) is 6.50. The van der Waals surface area contributed by atoms with Gasteiger partial charge in [0.25, 0.3) is 0 Å². The van der Waals surface area contributed by atoms with E-state index in [0.717, 1.165) is 19.5 Å². The fourth-order valence-electron chi connectivity index (χ4n) is 1.98. The third kappa shape index (κ3) is 5.44. The highest BCUT2D eigenvalue weighted by Gasteiger charge is 2.23. The van der Waals surface area contributed by atoms with Crippen molar-refractivity contribution in [1.29, 1.82) is 0 Å². The molecule has 7 nitrogen and oxygen atoms in total. The Labute approximate surface area is 113 Å². The van der Waals surface area contributed by atoms with Gasteiger partial charge in [-0.1, -0.05) is 0 Å². The Kier molecular flexibility index (Phi) is 6.58. The van der Waals surface area contributed by atoms with Crippen LogP contribution in [0, 0.1) is 0 Å². The molecule has 1 atom stereocenters.